The van der Waals surface area contributed by atoms with Gasteiger partial charge in [0.15, 0.2) is 5.13 Å². The first-order valence-corrected chi connectivity index (χ1v) is 11.1. The van der Waals surface area contributed by atoms with Crippen molar-refractivity contribution in [1.82, 2.24) is 14.9 Å². The highest BCUT2D eigenvalue weighted by Gasteiger charge is 2.34. The lowest BCUT2D eigenvalue weighted by Gasteiger charge is -2.44. The van der Waals surface area contributed by atoms with Crippen molar-refractivity contribution >= 4 is 32.8 Å². The molecule has 0 aliphatic carbocycles. The quantitative estimate of drug-likeness (QED) is 0.602. The summed E-state index contributed by atoms with van der Waals surface area (Å²) in [5.41, 5.74) is 1.39. The third kappa shape index (κ3) is 4.86. The SMILES string of the molecule is C[C@@H]1CN(c2nc3ccc(C(F)(F)F)nc3s2)C[C@H](C)N1Cc1cccc(CC(=O)O)c1. The Kier molecular flexibility index (Phi) is 6.09. The Labute approximate surface area is 187 Å². The van der Waals surface area contributed by atoms with Crippen molar-refractivity contribution in [3.05, 3.63) is 53.2 Å². The van der Waals surface area contributed by atoms with E-state index in [2.05, 4.69) is 33.6 Å². The number of benzene rings is 1. The molecular formula is C22H23F3N4O2S. The molecule has 0 radical (unpaired) electrons. The van der Waals surface area contributed by atoms with Crippen LogP contribution in [0.1, 0.15) is 30.7 Å². The minimum absolute atomic E-state index is 0.00554. The van der Waals surface area contributed by atoms with Crippen LogP contribution in [-0.4, -0.2) is 51.1 Å². The van der Waals surface area contributed by atoms with Crippen LogP contribution in [0.15, 0.2) is 36.4 Å². The Balaban J connectivity index is 1.49. The number of hydrogen-bond donors (Lipinski definition) is 1. The van der Waals surface area contributed by atoms with Gasteiger partial charge in [-0.15, -0.1) is 0 Å². The first kappa shape index (κ1) is 22.5. The number of hydrogen-bond acceptors (Lipinski definition) is 6. The summed E-state index contributed by atoms with van der Waals surface area (Å²) in [5.74, 6) is -0.856. The summed E-state index contributed by atoms with van der Waals surface area (Å²) in [5, 5.41) is 9.70. The molecule has 1 N–H and O–H groups in total. The average Bonchev–Trinajstić information content (AvgIpc) is 3.13. The van der Waals surface area contributed by atoms with Crippen LogP contribution >= 0.6 is 11.3 Å². The van der Waals surface area contributed by atoms with Gasteiger partial charge in [0.2, 0.25) is 0 Å². The lowest BCUT2D eigenvalue weighted by molar-refractivity contribution is -0.141. The number of carboxylic acid groups (broad SMARTS) is 1. The summed E-state index contributed by atoms with van der Waals surface area (Å²) in [6.07, 6.45) is -4.48. The van der Waals surface area contributed by atoms with Gasteiger partial charge in [-0.05, 0) is 37.1 Å². The fourth-order valence-electron chi connectivity index (χ4n) is 4.15. The van der Waals surface area contributed by atoms with Crippen LogP contribution in [0.3, 0.4) is 0 Å². The minimum atomic E-state index is -4.48. The molecule has 1 aliphatic rings. The zero-order chi connectivity index (χ0) is 23.0. The van der Waals surface area contributed by atoms with E-state index in [1.54, 1.807) is 0 Å². The minimum Gasteiger partial charge on any atom is -0.481 e. The molecule has 2 aromatic heterocycles. The number of alkyl halides is 3. The van der Waals surface area contributed by atoms with Crippen LogP contribution in [0.2, 0.25) is 0 Å². The second-order valence-corrected chi connectivity index (χ2v) is 9.14. The zero-order valence-electron chi connectivity index (χ0n) is 17.6. The number of piperazine rings is 1. The van der Waals surface area contributed by atoms with Crippen molar-refractivity contribution in [2.45, 2.75) is 45.1 Å². The van der Waals surface area contributed by atoms with Crippen LogP contribution in [-0.2, 0) is 23.9 Å². The van der Waals surface area contributed by atoms with Crippen molar-refractivity contribution in [3.8, 4) is 0 Å². The molecule has 1 aliphatic heterocycles. The fourth-order valence-corrected chi connectivity index (χ4v) is 5.10. The van der Waals surface area contributed by atoms with Crippen LogP contribution in [0, 0.1) is 0 Å². The van der Waals surface area contributed by atoms with Crippen LogP contribution in [0.25, 0.3) is 10.3 Å². The molecule has 0 spiro atoms. The Hall–Kier alpha value is -2.72. The first-order valence-electron chi connectivity index (χ1n) is 10.2. The third-order valence-electron chi connectivity index (χ3n) is 5.62. The lowest BCUT2D eigenvalue weighted by atomic mass is 10.0. The predicted octanol–water partition coefficient (Wildman–Crippen LogP) is 4.44. The molecule has 1 saturated heterocycles. The number of aromatic nitrogens is 2. The van der Waals surface area contributed by atoms with Gasteiger partial charge in [0.05, 0.1) is 6.42 Å². The highest BCUT2D eigenvalue weighted by atomic mass is 32.1. The summed E-state index contributed by atoms with van der Waals surface area (Å²) in [6, 6.07) is 10.3. The number of thiazole rings is 1. The van der Waals surface area contributed by atoms with Crippen molar-refractivity contribution in [3.63, 3.8) is 0 Å². The summed E-state index contributed by atoms with van der Waals surface area (Å²) >= 11 is 1.18. The highest BCUT2D eigenvalue weighted by Crippen LogP contribution is 2.34. The largest absolute Gasteiger partial charge is 0.481 e. The summed E-state index contributed by atoms with van der Waals surface area (Å²) < 4.78 is 38.9. The van der Waals surface area contributed by atoms with E-state index in [-0.39, 0.29) is 23.3 Å². The van der Waals surface area contributed by atoms with Gasteiger partial charge in [-0.25, -0.2) is 9.97 Å². The van der Waals surface area contributed by atoms with E-state index in [1.165, 1.54) is 17.4 Å². The number of carbonyl (C=O) groups is 1. The Bertz CT molecular complexity index is 1120. The van der Waals surface area contributed by atoms with E-state index in [0.29, 0.717) is 30.3 Å². The second-order valence-electron chi connectivity index (χ2n) is 8.18. The number of rotatable bonds is 5. The molecule has 6 nitrogen and oxygen atoms in total. The van der Waals surface area contributed by atoms with Gasteiger partial charge in [-0.2, -0.15) is 13.2 Å². The number of nitrogens with zero attached hydrogens (tertiary/aromatic N) is 4. The number of halogens is 3. The molecule has 0 unspecified atom stereocenters. The maximum Gasteiger partial charge on any atom is 0.433 e. The molecule has 3 aromatic rings. The van der Waals surface area contributed by atoms with E-state index in [9.17, 15) is 18.0 Å². The molecule has 0 amide bonds. The number of anilines is 1. The topological polar surface area (TPSA) is 69.6 Å². The first-order chi connectivity index (χ1) is 15.1. The number of fused-ring (bicyclic) bond motifs is 1. The lowest BCUT2D eigenvalue weighted by Crippen LogP contribution is -2.56. The average molecular weight is 465 g/mol. The van der Waals surface area contributed by atoms with E-state index >= 15 is 0 Å². The van der Waals surface area contributed by atoms with Gasteiger partial charge in [-0.1, -0.05) is 35.6 Å². The summed E-state index contributed by atoms with van der Waals surface area (Å²) in [6.45, 7) is 6.28. The molecule has 3 heterocycles. The molecule has 1 fully saturated rings. The summed E-state index contributed by atoms with van der Waals surface area (Å²) in [7, 11) is 0. The van der Waals surface area contributed by atoms with Crippen molar-refractivity contribution in [2.24, 2.45) is 0 Å². The van der Waals surface area contributed by atoms with Gasteiger partial charge >= 0.3 is 12.1 Å². The number of pyridine rings is 1. The second kappa shape index (κ2) is 8.67. The Morgan fingerprint density at radius 1 is 1.12 bits per heavy atom. The molecular weight excluding hydrogens is 441 g/mol. The van der Waals surface area contributed by atoms with E-state index in [4.69, 9.17) is 5.11 Å². The summed E-state index contributed by atoms with van der Waals surface area (Å²) in [4.78, 5) is 24.0. The van der Waals surface area contributed by atoms with Crippen molar-refractivity contribution < 1.29 is 23.1 Å². The van der Waals surface area contributed by atoms with Crippen LogP contribution in [0.4, 0.5) is 18.3 Å². The van der Waals surface area contributed by atoms with Gasteiger partial charge in [0.25, 0.3) is 0 Å². The number of aliphatic carboxylic acids is 1. The standard InChI is InChI=1S/C22H23F3N4O2S/c1-13-10-28(21-26-17-6-7-18(22(23,24)25)27-20(17)32-21)11-14(2)29(13)12-16-5-3-4-15(8-16)9-19(30)31/h3-8,13-14H,9-12H2,1-2H3,(H,30,31)/t13-,14+. The Morgan fingerprint density at radius 2 is 1.81 bits per heavy atom. The fraction of sp³-hybridized carbons (Fsp3) is 0.409. The Morgan fingerprint density at radius 3 is 2.47 bits per heavy atom. The molecule has 0 bridgehead atoms. The van der Waals surface area contributed by atoms with Gasteiger partial charge in [0, 0.05) is 31.7 Å². The smallest absolute Gasteiger partial charge is 0.433 e. The van der Waals surface area contributed by atoms with Gasteiger partial charge in [0.1, 0.15) is 16.0 Å². The molecule has 170 valence electrons. The predicted molar refractivity (Wildman–Crippen MR) is 117 cm³/mol. The number of carboxylic acids is 1. The normalized spacial score (nSPS) is 20.1. The van der Waals surface area contributed by atoms with Gasteiger partial charge < -0.3 is 10.0 Å². The molecule has 4 rings (SSSR count). The molecule has 10 heteroatoms. The van der Waals surface area contributed by atoms with Gasteiger partial charge in [-0.3, -0.25) is 9.69 Å². The van der Waals surface area contributed by atoms with Crippen LogP contribution in [0.5, 0.6) is 0 Å². The maximum atomic E-state index is 13.0. The monoisotopic (exact) mass is 464 g/mol. The molecule has 2 atom stereocenters. The van der Waals surface area contributed by atoms with E-state index in [1.807, 2.05) is 24.3 Å². The molecule has 32 heavy (non-hydrogen) atoms. The highest BCUT2D eigenvalue weighted by molar-refractivity contribution is 7.21. The van der Waals surface area contributed by atoms with Crippen molar-refractivity contribution in [2.75, 3.05) is 18.0 Å². The van der Waals surface area contributed by atoms with Crippen LogP contribution < -0.4 is 4.90 Å². The molecule has 1 aromatic carbocycles. The van der Waals surface area contributed by atoms with E-state index in [0.717, 1.165) is 17.2 Å². The maximum absolute atomic E-state index is 13.0. The third-order valence-corrected chi connectivity index (χ3v) is 6.64. The molecule has 0 saturated carbocycles. The van der Waals surface area contributed by atoms with Crippen molar-refractivity contribution in [1.29, 1.82) is 0 Å². The van der Waals surface area contributed by atoms with E-state index < -0.39 is 17.8 Å². The zero-order valence-corrected chi connectivity index (χ0v) is 18.5.